The van der Waals surface area contributed by atoms with Gasteiger partial charge in [-0.15, -0.1) is 6.58 Å². The minimum Gasteiger partial charge on any atom is -0.479 e. The number of ketones is 1. The SMILES string of the molecule is C=CCCC=CCCCCCCC(=O)CCC(O[Si](C)(C)C(C)(C)C)C(=O)O. The van der Waals surface area contributed by atoms with Crippen molar-refractivity contribution in [2.45, 2.75) is 109 Å². The molecule has 0 aliphatic rings. The van der Waals surface area contributed by atoms with E-state index in [-0.39, 0.29) is 23.7 Å². The van der Waals surface area contributed by atoms with Crippen LogP contribution in [0.3, 0.4) is 0 Å². The lowest BCUT2D eigenvalue weighted by molar-refractivity contribution is -0.146. The van der Waals surface area contributed by atoms with Crippen molar-refractivity contribution in [2.75, 3.05) is 0 Å². The summed E-state index contributed by atoms with van der Waals surface area (Å²) in [7, 11) is -2.16. The van der Waals surface area contributed by atoms with Crippen LogP contribution in [0.4, 0.5) is 0 Å². The van der Waals surface area contributed by atoms with Crippen molar-refractivity contribution in [1.29, 1.82) is 0 Å². The number of rotatable bonds is 16. The molecule has 162 valence electrons. The van der Waals surface area contributed by atoms with Gasteiger partial charge < -0.3 is 9.53 Å². The first-order chi connectivity index (χ1) is 13.0. The first-order valence-electron chi connectivity index (χ1n) is 10.7. The average molecular weight is 411 g/mol. The summed E-state index contributed by atoms with van der Waals surface area (Å²) >= 11 is 0. The summed E-state index contributed by atoms with van der Waals surface area (Å²) in [4.78, 5) is 23.6. The molecule has 0 saturated carbocycles. The number of hydrogen-bond acceptors (Lipinski definition) is 3. The van der Waals surface area contributed by atoms with Crippen molar-refractivity contribution in [3.05, 3.63) is 24.8 Å². The molecule has 0 aliphatic carbocycles. The van der Waals surface area contributed by atoms with Gasteiger partial charge in [0, 0.05) is 12.8 Å². The van der Waals surface area contributed by atoms with Crippen molar-refractivity contribution in [1.82, 2.24) is 0 Å². The second kappa shape index (κ2) is 13.9. The Morgan fingerprint density at radius 3 is 2.18 bits per heavy atom. The summed E-state index contributed by atoms with van der Waals surface area (Å²) in [6.07, 6.45) is 14.0. The van der Waals surface area contributed by atoms with Gasteiger partial charge in [-0.1, -0.05) is 51.8 Å². The van der Waals surface area contributed by atoms with E-state index in [4.69, 9.17) is 4.43 Å². The molecule has 0 rings (SSSR count). The van der Waals surface area contributed by atoms with E-state index in [1.165, 1.54) is 0 Å². The molecule has 1 atom stereocenters. The minimum absolute atomic E-state index is 0.0500. The molecule has 0 aromatic rings. The van der Waals surface area contributed by atoms with Crippen molar-refractivity contribution >= 4 is 20.1 Å². The molecule has 0 radical (unpaired) electrons. The first kappa shape index (κ1) is 26.8. The van der Waals surface area contributed by atoms with Gasteiger partial charge in [0.05, 0.1) is 0 Å². The fraction of sp³-hybridized carbons (Fsp3) is 0.739. The van der Waals surface area contributed by atoms with Crippen LogP contribution in [0, 0.1) is 0 Å². The quantitative estimate of drug-likeness (QED) is 0.175. The molecule has 0 fully saturated rings. The molecule has 0 bridgehead atoms. The van der Waals surface area contributed by atoms with Crippen molar-refractivity contribution in [3.8, 4) is 0 Å². The van der Waals surface area contributed by atoms with Gasteiger partial charge in [-0.25, -0.2) is 4.79 Å². The number of allylic oxidation sites excluding steroid dienone is 3. The standard InChI is InChI=1S/C23H42O4Si/c1-7-8-9-10-11-12-13-14-15-16-17-20(24)18-19-21(22(25)26)27-28(5,6)23(2,3)4/h7,10-11,21H,1,8-9,12-19H2,2-6H3,(H,25,26). The predicted molar refractivity (Wildman–Crippen MR) is 120 cm³/mol. The number of carbonyl (C=O) groups excluding carboxylic acids is 1. The molecule has 1 unspecified atom stereocenters. The third-order valence-electron chi connectivity index (χ3n) is 5.48. The van der Waals surface area contributed by atoms with Gasteiger partial charge >= 0.3 is 5.97 Å². The van der Waals surface area contributed by atoms with E-state index in [0.29, 0.717) is 6.42 Å². The van der Waals surface area contributed by atoms with E-state index in [0.717, 1.165) is 44.9 Å². The van der Waals surface area contributed by atoms with Crippen LogP contribution in [-0.4, -0.2) is 31.3 Å². The second-order valence-electron chi connectivity index (χ2n) is 9.07. The third kappa shape index (κ3) is 12.3. The van der Waals surface area contributed by atoms with E-state index in [9.17, 15) is 14.7 Å². The number of carboxylic acid groups (broad SMARTS) is 1. The number of carboxylic acids is 1. The highest BCUT2D eigenvalue weighted by molar-refractivity contribution is 6.74. The van der Waals surface area contributed by atoms with Crippen LogP contribution < -0.4 is 0 Å². The number of aliphatic carboxylic acids is 1. The van der Waals surface area contributed by atoms with Crippen LogP contribution in [0.25, 0.3) is 0 Å². The Kier molecular flexibility index (Phi) is 13.3. The van der Waals surface area contributed by atoms with Crippen LogP contribution in [0.2, 0.25) is 18.1 Å². The Morgan fingerprint density at radius 2 is 1.61 bits per heavy atom. The molecule has 0 amide bonds. The highest BCUT2D eigenvalue weighted by Crippen LogP contribution is 2.37. The Morgan fingerprint density at radius 1 is 1.00 bits per heavy atom. The van der Waals surface area contributed by atoms with Gasteiger partial charge in [0.1, 0.15) is 11.9 Å². The first-order valence-corrected chi connectivity index (χ1v) is 13.6. The minimum atomic E-state index is -2.16. The summed E-state index contributed by atoms with van der Waals surface area (Å²) in [6.45, 7) is 14.0. The van der Waals surface area contributed by atoms with Crippen LogP contribution in [0.15, 0.2) is 24.8 Å². The van der Waals surface area contributed by atoms with Gasteiger partial charge in [0.15, 0.2) is 8.32 Å². The molecular weight excluding hydrogens is 368 g/mol. The zero-order valence-electron chi connectivity index (χ0n) is 18.8. The lowest BCUT2D eigenvalue weighted by Gasteiger charge is -2.38. The fourth-order valence-electron chi connectivity index (χ4n) is 2.57. The number of Topliss-reactive ketones (excluding diaryl/α,β-unsaturated/α-hetero) is 1. The lowest BCUT2D eigenvalue weighted by Crippen LogP contribution is -2.46. The molecule has 1 N–H and O–H groups in total. The van der Waals surface area contributed by atoms with Crippen LogP contribution >= 0.6 is 0 Å². The van der Waals surface area contributed by atoms with Crippen LogP contribution in [-0.2, 0) is 14.0 Å². The van der Waals surface area contributed by atoms with Crippen molar-refractivity contribution < 1.29 is 19.1 Å². The molecule has 0 heterocycles. The maximum Gasteiger partial charge on any atom is 0.331 e. The third-order valence-corrected chi connectivity index (χ3v) is 9.97. The smallest absolute Gasteiger partial charge is 0.331 e. The molecule has 4 nitrogen and oxygen atoms in total. The molecule has 0 aliphatic heterocycles. The number of hydrogen-bond donors (Lipinski definition) is 1. The Labute approximate surface area is 173 Å². The van der Waals surface area contributed by atoms with Gasteiger partial charge in [0.2, 0.25) is 0 Å². The van der Waals surface area contributed by atoms with Crippen molar-refractivity contribution in [3.63, 3.8) is 0 Å². The normalized spacial score (nSPS) is 13.6. The Balaban J connectivity index is 4.03. The zero-order chi connectivity index (χ0) is 21.6. The van der Waals surface area contributed by atoms with Crippen molar-refractivity contribution in [2.24, 2.45) is 0 Å². The highest BCUT2D eigenvalue weighted by Gasteiger charge is 2.40. The van der Waals surface area contributed by atoms with Gasteiger partial charge in [-0.05, 0) is 56.7 Å². The molecule has 0 spiro atoms. The topological polar surface area (TPSA) is 63.6 Å². The summed E-state index contributed by atoms with van der Waals surface area (Å²) in [6, 6.07) is 0. The van der Waals surface area contributed by atoms with E-state index in [2.05, 4.69) is 39.5 Å². The average Bonchev–Trinajstić information content (AvgIpc) is 2.58. The summed E-state index contributed by atoms with van der Waals surface area (Å²) < 4.78 is 5.99. The molecule has 0 aromatic heterocycles. The number of unbranched alkanes of at least 4 members (excludes halogenated alkanes) is 5. The molecule has 0 saturated heterocycles. The Hall–Kier alpha value is -1.20. The zero-order valence-corrected chi connectivity index (χ0v) is 19.8. The predicted octanol–water partition coefficient (Wildman–Crippen LogP) is 6.67. The maximum atomic E-state index is 12.1. The summed E-state index contributed by atoms with van der Waals surface area (Å²) in [5.41, 5.74) is 0. The fourth-order valence-corrected chi connectivity index (χ4v) is 3.85. The van der Waals surface area contributed by atoms with E-state index < -0.39 is 20.4 Å². The van der Waals surface area contributed by atoms with E-state index >= 15 is 0 Å². The second-order valence-corrected chi connectivity index (χ2v) is 13.8. The molecule has 28 heavy (non-hydrogen) atoms. The highest BCUT2D eigenvalue weighted by atomic mass is 28.4. The van der Waals surface area contributed by atoms with Crippen LogP contribution in [0.1, 0.15) is 85.0 Å². The monoisotopic (exact) mass is 410 g/mol. The largest absolute Gasteiger partial charge is 0.479 e. The molecular formula is C23H42O4Si. The lowest BCUT2D eigenvalue weighted by atomic mass is 10.0. The van der Waals surface area contributed by atoms with E-state index in [1.807, 2.05) is 19.2 Å². The molecule has 0 aromatic carbocycles. The summed E-state index contributed by atoms with van der Waals surface area (Å²) in [5, 5.41) is 9.41. The van der Waals surface area contributed by atoms with Gasteiger partial charge in [0.25, 0.3) is 0 Å². The van der Waals surface area contributed by atoms with E-state index in [1.54, 1.807) is 0 Å². The summed E-state index contributed by atoms with van der Waals surface area (Å²) in [5.74, 6) is -0.812. The Bertz CT molecular complexity index is 503. The van der Waals surface area contributed by atoms with Crippen LogP contribution in [0.5, 0.6) is 0 Å². The van der Waals surface area contributed by atoms with Gasteiger partial charge in [-0.3, -0.25) is 4.79 Å². The van der Waals surface area contributed by atoms with Gasteiger partial charge in [-0.2, -0.15) is 0 Å². The number of carbonyl (C=O) groups is 2. The maximum absolute atomic E-state index is 12.1. The molecule has 5 heteroatoms.